The zero-order valence-electron chi connectivity index (χ0n) is 12.0. The Morgan fingerprint density at radius 1 is 1.37 bits per heavy atom. The van der Waals surface area contributed by atoms with Gasteiger partial charge in [0.25, 0.3) is 0 Å². The third kappa shape index (κ3) is 3.34. The van der Waals surface area contributed by atoms with E-state index in [0.717, 1.165) is 30.3 Å². The highest BCUT2D eigenvalue weighted by atomic mass is 15.4. The molecule has 0 atom stereocenters. The molecule has 102 valence electrons. The minimum Gasteiger partial charge on any atom is -0.357 e. The van der Waals surface area contributed by atoms with Gasteiger partial charge in [-0.3, -0.25) is 10.4 Å². The highest BCUT2D eigenvalue weighted by Crippen LogP contribution is 2.21. The molecule has 0 aliphatic carbocycles. The molecule has 0 bridgehead atoms. The van der Waals surface area contributed by atoms with Crippen LogP contribution in [0.3, 0.4) is 0 Å². The third-order valence-electron chi connectivity index (χ3n) is 3.15. The summed E-state index contributed by atoms with van der Waals surface area (Å²) < 4.78 is 0. The molecule has 2 heterocycles. The number of nitrogens with one attached hydrogen (secondary N) is 1. The van der Waals surface area contributed by atoms with Crippen LogP contribution in [0, 0.1) is 5.41 Å². The summed E-state index contributed by atoms with van der Waals surface area (Å²) in [5.41, 5.74) is 4.84. The van der Waals surface area contributed by atoms with Gasteiger partial charge in [-0.1, -0.05) is 33.4 Å². The van der Waals surface area contributed by atoms with E-state index in [-0.39, 0.29) is 5.41 Å². The molecule has 4 nitrogen and oxygen atoms in total. The van der Waals surface area contributed by atoms with Crippen molar-refractivity contribution in [3.8, 4) is 0 Å². The topological polar surface area (TPSA) is 40.5 Å². The Balaban J connectivity index is 2.16. The highest BCUT2D eigenvalue weighted by Gasteiger charge is 2.22. The minimum atomic E-state index is -0.0728. The van der Waals surface area contributed by atoms with Gasteiger partial charge in [-0.05, 0) is 18.6 Å². The van der Waals surface area contributed by atoms with Crippen molar-refractivity contribution in [3.05, 3.63) is 42.5 Å². The first-order valence-electron chi connectivity index (χ1n) is 6.68. The molecule has 0 spiro atoms. The van der Waals surface area contributed by atoms with Crippen molar-refractivity contribution in [2.75, 3.05) is 13.1 Å². The Morgan fingerprint density at radius 3 is 2.58 bits per heavy atom. The van der Waals surface area contributed by atoms with Gasteiger partial charge in [-0.25, -0.2) is 0 Å². The average Bonchev–Trinajstić information content (AvgIpc) is 2.26. The maximum Gasteiger partial charge on any atom is 0.115 e. The van der Waals surface area contributed by atoms with Gasteiger partial charge in [0.1, 0.15) is 5.82 Å². The average molecular weight is 258 g/mol. The summed E-state index contributed by atoms with van der Waals surface area (Å²) >= 11 is 0. The van der Waals surface area contributed by atoms with Crippen LogP contribution in [-0.4, -0.2) is 28.7 Å². The first kappa shape index (κ1) is 13.6. The van der Waals surface area contributed by atoms with Crippen LogP contribution in [0.4, 0.5) is 0 Å². The molecule has 0 aromatic carbocycles. The summed E-state index contributed by atoms with van der Waals surface area (Å²) in [6, 6.07) is 5.88. The Morgan fingerprint density at radius 2 is 2.11 bits per heavy atom. The third-order valence-corrected chi connectivity index (χ3v) is 3.15. The predicted octanol–water partition coefficient (Wildman–Crippen LogP) is 2.60. The van der Waals surface area contributed by atoms with E-state index in [9.17, 15) is 0 Å². The van der Waals surface area contributed by atoms with Gasteiger partial charge in [-0.15, -0.1) is 0 Å². The van der Waals surface area contributed by atoms with E-state index >= 15 is 0 Å². The van der Waals surface area contributed by atoms with Crippen molar-refractivity contribution in [2.45, 2.75) is 27.2 Å². The van der Waals surface area contributed by atoms with E-state index in [1.54, 1.807) is 6.20 Å². The molecule has 1 N–H and O–H groups in total. The van der Waals surface area contributed by atoms with Crippen LogP contribution in [0.1, 0.15) is 32.9 Å². The summed E-state index contributed by atoms with van der Waals surface area (Å²) in [6.45, 7) is 12.5. The van der Waals surface area contributed by atoms with Gasteiger partial charge in [0, 0.05) is 24.7 Å². The molecule has 1 fully saturated rings. The van der Waals surface area contributed by atoms with Crippen molar-refractivity contribution in [1.82, 2.24) is 15.3 Å². The Bertz CT molecular complexity index is 467. The molecule has 0 radical (unpaired) electrons. The number of rotatable bonds is 4. The largest absolute Gasteiger partial charge is 0.357 e. The second-order valence-electron chi connectivity index (χ2n) is 5.82. The second-order valence-corrected chi connectivity index (χ2v) is 5.82. The summed E-state index contributed by atoms with van der Waals surface area (Å²) in [4.78, 5) is 6.57. The summed E-state index contributed by atoms with van der Waals surface area (Å²) in [5.74, 6) is 0.865. The quantitative estimate of drug-likeness (QED) is 0.666. The standard InChI is InChI=1S/C15H22N4/c1-12(19-10-7-11-19)17-18-14(15(2,3)4)13-8-5-6-9-16-13/h5-6,8-9,17H,1,7,10-11H2,2-4H3/b18-14-. The van der Waals surface area contributed by atoms with E-state index < -0.39 is 0 Å². The second kappa shape index (κ2) is 5.43. The first-order valence-corrected chi connectivity index (χ1v) is 6.68. The number of hydrogen-bond donors (Lipinski definition) is 1. The maximum absolute atomic E-state index is 4.53. The molecule has 1 aliphatic rings. The van der Waals surface area contributed by atoms with Crippen molar-refractivity contribution in [3.63, 3.8) is 0 Å². The lowest BCUT2D eigenvalue weighted by Crippen LogP contribution is -2.40. The normalized spacial score (nSPS) is 15.9. The first-order chi connectivity index (χ1) is 8.98. The molecular formula is C15H22N4. The van der Waals surface area contributed by atoms with E-state index in [2.05, 4.69) is 47.8 Å². The fourth-order valence-electron chi connectivity index (χ4n) is 1.89. The fraction of sp³-hybridized carbons (Fsp3) is 0.467. The summed E-state index contributed by atoms with van der Waals surface area (Å²) in [5, 5.41) is 4.53. The molecule has 1 saturated heterocycles. The number of hydrazone groups is 1. The molecule has 0 unspecified atom stereocenters. The Hall–Kier alpha value is -1.84. The van der Waals surface area contributed by atoms with Gasteiger partial charge < -0.3 is 4.90 Å². The number of likely N-dealkylation sites (tertiary alicyclic amines) is 1. The van der Waals surface area contributed by atoms with Crippen LogP contribution in [0.5, 0.6) is 0 Å². The lowest BCUT2D eigenvalue weighted by molar-refractivity contribution is 0.224. The molecule has 2 rings (SSSR count). The Labute approximate surface area is 115 Å². The van der Waals surface area contributed by atoms with E-state index in [1.807, 2.05) is 18.2 Å². The van der Waals surface area contributed by atoms with E-state index in [4.69, 9.17) is 0 Å². The van der Waals surface area contributed by atoms with Gasteiger partial charge in [0.2, 0.25) is 0 Å². The molecular weight excluding hydrogens is 236 g/mol. The van der Waals surface area contributed by atoms with Gasteiger partial charge in [-0.2, -0.15) is 5.10 Å². The van der Waals surface area contributed by atoms with Crippen LogP contribution in [0.15, 0.2) is 41.9 Å². The van der Waals surface area contributed by atoms with Crippen LogP contribution in [0.25, 0.3) is 0 Å². The van der Waals surface area contributed by atoms with Gasteiger partial charge in [0.15, 0.2) is 0 Å². The number of hydrogen-bond acceptors (Lipinski definition) is 4. The lowest BCUT2D eigenvalue weighted by atomic mass is 9.88. The molecule has 1 aromatic heterocycles. The predicted molar refractivity (Wildman–Crippen MR) is 78.7 cm³/mol. The van der Waals surface area contributed by atoms with Crippen molar-refractivity contribution < 1.29 is 0 Å². The monoisotopic (exact) mass is 258 g/mol. The SMILES string of the molecule is C=C(N/N=C(/c1ccccn1)C(C)(C)C)N1CCC1. The minimum absolute atomic E-state index is 0.0728. The van der Waals surface area contributed by atoms with Gasteiger partial charge in [0.05, 0.1) is 11.4 Å². The van der Waals surface area contributed by atoms with E-state index in [0.29, 0.717) is 0 Å². The van der Waals surface area contributed by atoms with E-state index in [1.165, 1.54) is 6.42 Å². The molecule has 4 heteroatoms. The molecule has 0 saturated carbocycles. The van der Waals surface area contributed by atoms with Crippen LogP contribution in [-0.2, 0) is 0 Å². The smallest absolute Gasteiger partial charge is 0.115 e. The van der Waals surface area contributed by atoms with Crippen molar-refractivity contribution in [2.24, 2.45) is 10.5 Å². The maximum atomic E-state index is 4.53. The lowest BCUT2D eigenvalue weighted by Gasteiger charge is -2.34. The number of pyridine rings is 1. The summed E-state index contributed by atoms with van der Waals surface area (Å²) in [7, 11) is 0. The van der Waals surface area contributed by atoms with Crippen molar-refractivity contribution in [1.29, 1.82) is 0 Å². The Kier molecular flexibility index (Phi) is 3.88. The van der Waals surface area contributed by atoms with Crippen molar-refractivity contribution >= 4 is 5.71 Å². The van der Waals surface area contributed by atoms with Crippen LogP contribution >= 0.6 is 0 Å². The molecule has 0 amide bonds. The van der Waals surface area contributed by atoms with Gasteiger partial charge >= 0.3 is 0 Å². The molecule has 1 aromatic rings. The fourth-order valence-corrected chi connectivity index (χ4v) is 1.89. The highest BCUT2D eigenvalue weighted by molar-refractivity contribution is 6.02. The zero-order chi connectivity index (χ0) is 13.9. The molecule has 19 heavy (non-hydrogen) atoms. The number of nitrogens with zero attached hydrogens (tertiary/aromatic N) is 3. The molecule has 1 aliphatic heterocycles. The van der Waals surface area contributed by atoms with Crippen LogP contribution < -0.4 is 5.43 Å². The van der Waals surface area contributed by atoms with Crippen LogP contribution in [0.2, 0.25) is 0 Å². The number of aromatic nitrogens is 1. The summed E-state index contributed by atoms with van der Waals surface area (Å²) in [6.07, 6.45) is 3.03. The zero-order valence-corrected chi connectivity index (χ0v) is 12.0.